The number of carbonyl (C=O) groups is 1. The lowest BCUT2D eigenvalue weighted by molar-refractivity contribution is -0.135. The highest BCUT2D eigenvalue weighted by Gasteiger charge is 2.32. The molecule has 1 aliphatic carbocycles. The molecule has 0 amide bonds. The predicted molar refractivity (Wildman–Crippen MR) is 43.2 cm³/mol. The van der Waals surface area contributed by atoms with Crippen LogP contribution in [0.5, 0.6) is 0 Å². The molecule has 0 heterocycles. The Morgan fingerprint density at radius 1 is 1.67 bits per heavy atom. The minimum atomic E-state index is -1.34. The van der Waals surface area contributed by atoms with Gasteiger partial charge in [0.25, 0.3) is 0 Å². The van der Waals surface area contributed by atoms with Gasteiger partial charge in [0, 0.05) is 12.1 Å². The Morgan fingerprint density at radius 3 is 2.67 bits per heavy atom. The third-order valence-electron chi connectivity index (χ3n) is 1.82. The van der Waals surface area contributed by atoms with E-state index in [1.54, 1.807) is 0 Å². The molecule has 4 N–H and O–H groups in total. The second-order valence-corrected chi connectivity index (χ2v) is 3.08. The largest absolute Gasteiger partial charge is 0.478 e. The highest BCUT2D eigenvalue weighted by Crippen LogP contribution is 2.26. The fourth-order valence-corrected chi connectivity index (χ4v) is 1.22. The molecule has 1 unspecified atom stereocenters. The van der Waals surface area contributed by atoms with E-state index in [0.717, 1.165) is 0 Å². The topological polar surface area (TPSA) is 83.5 Å². The summed E-state index contributed by atoms with van der Waals surface area (Å²) >= 11 is 0. The SMILES string of the molecule is CC1(O)CC(N)=CC=C1C(=O)O. The highest BCUT2D eigenvalue weighted by molar-refractivity contribution is 5.89. The smallest absolute Gasteiger partial charge is 0.334 e. The van der Waals surface area contributed by atoms with E-state index >= 15 is 0 Å². The summed E-state index contributed by atoms with van der Waals surface area (Å²) in [7, 11) is 0. The number of allylic oxidation sites excluding steroid dienone is 2. The zero-order valence-electron chi connectivity index (χ0n) is 6.74. The zero-order chi connectivity index (χ0) is 9.35. The van der Waals surface area contributed by atoms with Gasteiger partial charge in [-0.2, -0.15) is 0 Å². The van der Waals surface area contributed by atoms with Crippen LogP contribution in [0, 0.1) is 0 Å². The van der Waals surface area contributed by atoms with Gasteiger partial charge in [-0.05, 0) is 19.1 Å². The maximum atomic E-state index is 10.6. The number of nitrogens with two attached hydrogens (primary N) is 1. The van der Waals surface area contributed by atoms with E-state index in [0.29, 0.717) is 5.70 Å². The van der Waals surface area contributed by atoms with Crippen LogP contribution in [-0.2, 0) is 4.79 Å². The minimum Gasteiger partial charge on any atom is -0.478 e. The fourth-order valence-electron chi connectivity index (χ4n) is 1.22. The van der Waals surface area contributed by atoms with Crippen molar-refractivity contribution in [2.24, 2.45) is 5.73 Å². The molecule has 12 heavy (non-hydrogen) atoms. The summed E-state index contributed by atoms with van der Waals surface area (Å²) in [5.41, 5.74) is 4.57. The third kappa shape index (κ3) is 1.48. The molecule has 1 rings (SSSR count). The van der Waals surface area contributed by atoms with Crippen LogP contribution in [0.25, 0.3) is 0 Å². The van der Waals surface area contributed by atoms with E-state index in [-0.39, 0.29) is 12.0 Å². The van der Waals surface area contributed by atoms with Crippen molar-refractivity contribution in [2.45, 2.75) is 18.9 Å². The van der Waals surface area contributed by atoms with E-state index in [9.17, 15) is 9.90 Å². The van der Waals surface area contributed by atoms with E-state index in [1.807, 2.05) is 0 Å². The molecule has 4 heteroatoms. The van der Waals surface area contributed by atoms with Crippen LogP contribution in [0.3, 0.4) is 0 Å². The molecule has 0 aliphatic heterocycles. The zero-order valence-corrected chi connectivity index (χ0v) is 6.74. The van der Waals surface area contributed by atoms with E-state index < -0.39 is 11.6 Å². The third-order valence-corrected chi connectivity index (χ3v) is 1.82. The van der Waals surface area contributed by atoms with Gasteiger partial charge in [0.2, 0.25) is 0 Å². The minimum absolute atomic E-state index is 0.0169. The molecule has 4 nitrogen and oxygen atoms in total. The number of hydrogen-bond donors (Lipinski definition) is 3. The Morgan fingerprint density at radius 2 is 2.25 bits per heavy atom. The summed E-state index contributed by atoms with van der Waals surface area (Å²) in [6, 6.07) is 0. The van der Waals surface area contributed by atoms with E-state index in [2.05, 4.69) is 0 Å². The fraction of sp³-hybridized carbons (Fsp3) is 0.375. The number of aliphatic hydroxyl groups is 1. The highest BCUT2D eigenvalue weighted by atomic mass is 16.4. The average Bonchev–Trinajstić information content (AvgIpc) is 1.82. The van der Waals surface area contributed by atoms with Crippen LogP contribution in [0.2, 0.25) is 0 Å². The van der Waals surface area contributed by atoms with Gasteiger partial charge in [-0.25, -0.2) is 4.79 Å². The van der Waals surface area contributed by atoms with Crippen LogP contribution in [0.15, 0.2) is 23.4 Å². The van der Waals surface area contributed by atoms with Gasteiger partial charge < -0.3 is 15.9 Å². The van der Waals surface area contributed by atoms with Gasteiger partial charge in [-0.3, -0.25) is 0 Å². The lowest BCUT2D eigenvalue weighted by atomic mass is 9.87. The van der Waals surface area contributed by atoms with Gasteiger partial charge in [-0.15, -0.1) is 0 Å². The Labute approximate surface area is 70.0 Å². The summed E-state index contributed by atoms with van der Waals surface area (Å²) in [6.07, 6.45) is 3.01. The second kappa shape index (κ2) is 2.64. The first-order valence-electron chi connectivity index (χ1n) is 3.56. The first kappa shape index (κ1) is 8.80. The Bertz CT molecular complexity index is 276. The molecule has 0 aromatic rings. The van der Waals surface area contributed by atoms with Crippen molar-refractivity contribution in [3.05, 3.63) is 23.4 Å². The molecule has 0 radical (unpaired) electrons. The molecule has 0 aromatic heterocycles. The van der Waals surface area contributed by atoms with Crippen LogP contribution in [0.1, 0.15) is 13.3 Å². The quantitative estimate of drug-likeness (QED) is 0.515. The monoisotopic (exact) mass is 169 g/mol. The van der Waals surface area contributed by atoms with Crippen molar-refractivity contribution in [1.29, 1.82) is 0 Å². The van der Waals surface area contributed by atoms with Crippen LogP contribution >= 0.6 is 0 Å². The maximum Gasteiger partial charge on any atom is 0.334 e. The summed E-state index contributed by atoms with van der Waals surface area (Å²) in [6.45, 7) is 1.44. The van der Waals surface area contributed by atoms with Gasteiger partial charge in [-0.1, -0.05) is 0 Å². The van der Waals surface area contributed by atoms with Crippen LogP contribution in [0.4, 0.5) is 0 Å². The Kier molecular flexibility index (Phi) is 1.94. The first-order chi connectivity index (χ1) is 5.43. The van der Waals surface area contributed by atoms with Crippen LogP contribution < -0.4 is 5.73 Å². The van der Waals surface area contributed by atoms with Gasteiger partial charge in [0.1, 0.15) is 0 Å². The molecule has 0 saturated heterocycles. The van der Waals surface area contributed by atoms with E-state index in [4.69, 9.17) is 10.8 Å². The lowest BCUT2D eigenvalue weighted by Gasteiger charge is -2.26. The molecule has 0 saturated carbocycles. The number of carboxylic acid groups (broad SMARTS) is 1. The van der Waals surface area contributed by atoms with Gasteiger partial charge >= 0.3 is 5.97 Å². The number of hydrogen-bond acceptors (Lipinski definition) is 3. The predicted octanol–water partition coefficient (Wildman–Crippen LogP) is -0.00530. The molecule has 1 aliphatic rings. The van der Waals surface area contributed by atoms with Crippen molar-refractivity contribution in [3.8, 4) is 0 Å². The summed E-state index contributed by atoms with van der Waals surface area (Å²) < 4.78 is 0. The van der Waals surface area contributed by atoms with Crippen molar-refractivity contribution < 1.29 is 15.0 Å². The molecule has 66 valence electrons. The van der Waals surface area contributed by atoms with Crippen molar-refractivity contribution in [1.82, 2.24) is 0 Å². The molecule has 1 atom stereocenters. The maximum absolute atomic E-state index is 10.6. The van der Waals surface area contributed by atoms with E-state index in [1.165, 1.54) is 19.1 Å². The van der Waals surface area contributed by atoms with Crippen LogP contribution in [-0.4, -0.2) is 21.8 Å². The lowest BCUT2D eigenvalue weighted by Crippen LogP contribution is -2.34. The Balaban J connectivity index is 3.04. The van der Waals surface area contributed by atoms with Crippen molar-refractivity contribution >= 4 is 5.97 Å². The average molecular weight is 169 g/mol. The molecule has 0 spiro atoms. The normalized spacial score (nSPS) is 29.2. The molecule has 0 fully saturated rings. The van der Waals surface area contributed by atoms with Gasteiger partial charge in [0.05, 0.1) is 11.2 Å². The number of aliphatic carboxylic acids is 1. The van der Waals surface area contributed by atoms with Crippen molar-refractivity contribution in [3.63, 3.8) is 0 Å². The molecule has 0 bridgehead atoms. The summed E-state index contributed by atoms with van der Waals surface area (Å²) in [4.78, 5) is 10.6. The second-order valence-electron chi connectivity index (χ2n) is 3.08. The number of rotatable bonds is 1. The number of carboxylic acids is 1. The summed E-state index contributed by atoms with van der Waals surface area (Å²) in [5, 5.41) is 18.3. The molecule has 0 aromatic carbocycles. The first-order valence-corrected chi connectivity index (χ1v) is 3.56. The summed E-state index contributed by atoms with van der Waals surface area (Å²) in [5.74, 6) is -1.11. The van der Waals surface area contributed by atoms with Gasteiger partial charge in [0.15, 0.2) is 0 Å². The molecular weight excluding hydrogens is 158 g/mol. The molecular formula is C8H11NO3. The Hall–Kier alpha value is -1.29. The van der Waals surface area contributed by atoms with Crippen molar-refractivity contribution in [2.75, 3.05) is 0 Å². The standard InChI is InChI=1S/C8H11NO3/c1-8(12)4-5(9)2-3-6(8)7(10)11/h2-3,12H,4,9H2,1H3,(H,10,11).